The number of piperidine rings is 1. The summed E-state index contributed by atoms with van der Waals surface area (Å²) in [5.74, 6) is 1.08. The van der Waals surface area contributed by atoms with E-state index in [9.17, 15) is 8.42 Å². The van der Waals surface area contributed by atoms with E-state index in [1.54, 1.807) is 4.31 Å². The Balaban J connectivity index is 1.78. The van der Waals surface area contributed by atoms with Crippen LogP contribution >= 0.6 is 0 Å². The van der Waals surface area contributed by atoms with Gasteiger partial charge in [-0.25, -0.2) is 4.72 Å². The van der Waals surface area contributed by atoms with Gasteiger partial charge < -0.3 is 5.73 Å². The Morgan fingerprint density at radius 3 is 2.41 bits per heavy atom. The third kappa shape index (κ3) is 3.40. The number of nitrogens with one attached hydrogen (secondary N) is 1. The largest absolute Gasteiger partial charge is 0.328 e. The Morgan fingerprint density at radius 2 is 1.88 bits per heavy atom. The molecule has 1 saturated heterocycles. The molecule has 0 aromatic rings. The molecule has 0 spiro atoms. The molecule has 2 rings (SSSR count). The molecule has 2 aliphatic rings. The number of nitrogens with two attached hydrogens (primary N) is 1. The van der Waals surface area contributed by atoms with E-state index in [1.165, 1.54) is 0 Å². The van der Waals surface area contributed by atoms with E-state index < -0.39 is 10.2 Å². The third-order valence-corrected chi connectivity index (χ3v) is 5.49. The number of hydrogen-bond acceptors (Lipinski definition) is 3. The second kappa shape index (κ2) is 5.22. The van der Waals surface area contributed by atoms with Gasteiger partial charge in [0.1, 0.15) is 0 Å². The van der Waals surface area contributed by atoms with Crippen LogP contribution in [0.2, 0.25) is 0 Å². The summed E-state index contributed by atoms with van der Waals surface area (Å²) >= 11 is 0. The summed E-state index contributed by atoms with van der Waals surface area (Å²) in [7, 11) is -3.25. The lowest BCUT2D eigenvalue weighted by Gasteiger charge is -2.34. The Hall–Kier alpha value is -0.170. The minimum atomic E-state index is -3.25. The van der Waals surface area contributed by atoms with Crippen LogP contribution in [0.5, 0.6) is 0 Å². The van der Waals surface area contributed by atoms with Gasteiger partial charge in [-0.3, -0.25) is 0 Å². The Labute approximate surface area is 104 Å². The van der Waals surface area contributed by atoms with Crippen molar-refractivity contribution in [1.82, 2.24) is 9.03 Å². The predicted octanol–water partition coefficient (Wildman–Crippen LogP) is 0.290. The average Bonchev–Trinajstić information content (AvgIpc) is 2.23. The molecule has 1 aliphatic heterocycles. The van der Waals surface area contributed by atoms with Crippen LogP contribution in [-0.2, 0) is 10.2 Å². The van der Waals surface area contributed by atoms with E-state index in [0.29, 0.717) is 31.5 Å². The Kier molecular flexibility index (Phi) is 4.07. The first-order valence-corrected chi connectivity index (χ1v) is 7.91. The van der Waals surface area contributed by atoms with Gasteiger partial charge in [-0.15, -0.1) is 0 Å². The Morgan fingerprint density at radius 1 is 1.29 bits per heavy atom. The topological polar surface area (TPSA) is 75.4 Å². The molecule has 0 atom stereocenters. The van der Waals surface area contributed by atoms with E-state index in [-0.39, 0.29) is 6.04 Å². The predicted molar refractivity (Wildman–Crippen MR) is 67.6 cm³/mol. The van der Waals surface area contributed by atoms with E-state index in [1.807, 2.05) is 0 Å². The molecular formula is C11H23N3O2S. The minimum Gasteiger partial charge on any atom is -0.328 e. The van der Waals surface area contributed by atoms with E-state index in [4.69, 9.17) is 5.73 Å². The number of hydrogen-bond donors (Lipinski definition) is 2. The zero-order valence-corrected chi connectivity index (χ0v) is 11.2. The summed E-state index contributed by atoms with van der Waals surface area (Å²) in [6.45, 7) is 4.02. The highest BCUT2D eigenvalue weighted by Gasteiger charge is 2.30. The molecule has 0 unspecified atom stereocenters. The monoisotopic (exact) mass is 261 g/mol. The van der Waals surface area contributed by atoms with Crippen molar-refractivity contribution in [3.05, 3.63) is 0 Å². The molecule has 0 radical (unpaired) electrons. The quantitative estimate of drug-likeness (QED) is 0.764. The highest BCUT2D eigenvalue weighted by molar-refractivity contribution is 7.87. The van der Waals surface area contributed by atoms with Crippen LogP contribution in [0.25, 0.3) is 0 Å². The fourth-order valence-electron chi connectivity index (χ4n) is 2.49. The second-order valence-corrected chi connectivity index (χ2v) is 7.29. The summed E-state index contributed by atoms with van der Waals surface area (Å²) in [6.07, 6.45) is 3.82. The first-order chi connectivity index (χ1) is 7.97. The highest BCUT2D eigenvalue weighted by atomic mass is 32.2. The molecule has 0 amide bonds. The molecule has 0 bridgehead atoms. The maximum absolute atomic E-state index is 12.0. The maximum Gasteiger partial charge on any atom is 0.279 e. The van der Waals surface area contributed by atoms with Crippen molar-refractivity contribution in [3.8, 4) is 0 Å². The van der Waals surface area contributed by atoms with Crippen LogP contribution < -0.4 is 10.5 Å². The molecule has 5 nitrogen and oxygen atoms in total. The van der Waals surface area contributed by atoms with Crippen molar-refractivity contribution in [2.45, 2.75) is 38.6 Å². The lowest BCUT2D eigenvalue weighted by Crippen LogP contribution is -2.48. The molecule has 100 valence electrons. The third-order valence-electron chi connectivity index (χ3n) is 3.91. The SMILES string of the molecule is CC1CCN(S(=O)(=O)NCC2CC(N)C2)CC1. The first kappa shape index (κ1) is 13.3. The van der Waals surface area contributed by atoms with Gasteiger partial charge >= 0.3 is 0 Å². The molecular weight excluding hydrogens is 238 g/mol. The number of nitrogens with zero attached hydrogens (tertiary/aromatic N) is 1. The van der Waals surface area contributed by atoms with E-state index >= 15 is 0 Å². The fraction of sp³-hybridized carbons (Fsp3) is 1.00. The van der Waals surface area contributed by atoms with Gasteiger partial charge in [0.15, 0.2) is 0 Å². The zero-order chi connectivity index (χ0) is 12.5. The molecule has 1 aliphatic carbocycles. The molecule has 17 heavy (non-hydrogen) atoms. The summed E-state index contributed by atoms with van der Waals surface area (Å²) < 4.78 is 28.3. The van der Waals surface area contributed by atoms with Crippen LogP contribution in [-0.4, -0.2) is 38.4 Å². The smallest absolute Gasteiger partial charge is 0.279 e. The molecule has 2 fully saturated rings. The van der Waals surface area contributed by atoms with Gasteiger partial charge in [-0.1, -0.05) is 6.92 Å². The van der Waals surface area contributed by atoms with Crippen LogP contribution in [0.15, 0.2) is 0 Å². The summed E-state index contributed by atoms with van der Waals surface area (Å²) in [4.78, 5) is 0. The number of rotatable bonds is 4. The second-order valence-electron chi connectivity index (χ2n) is 5.53. The fourth-order valence-corrected chi connectivity index (χ4v) is 3.81. The van der Waals surface area contributed by atoms with Gasteiger partial charge in [-0.2, -0.15) is 12.7 Å². The van der Waals surface area contributed by atoms with E-state index in [0.717, 1.165) is 25.7 Å². The Bertz CT molecular complexity index is 344. The molecule has 3 N–H and O–H groups in total. The normalized spacial score (nSPS) is 32.4. The van der Waals surface area contributed by atoms with Crippen LogP contribution in [0, 0.1) is 11.8 Å². The summed E-state index contributed by atoms with van der Waals surface area (Å²) in [5, 5.41) is 0. The van der Waals surface area contributed by atoms with Crippen molar-refractivity contribution >= 4 is 10.2 Å². The average molecular weight is 261 g/mol. The zero-order valence-electron chi connectivity index (χ0n) is 10.4. The van der Waals surface area contributed by atoms with Gasteiger partial charge in [0, 0.05) is 25.7 Å². The maximum atomic E-state index is 12.0. The van der Waals surface area contributed by atoms with Crippen LogP contribution in [0.4, 0.5) is 0 Å². The standard InChI is InChI=1S/C11H23N3O2S/c1-9-2-4-14(5-3-9)17(15,16)13-8-10-6-11(12)7-10/h9-11,13H,2-8,12H2,1H3. The van der Waals surface area contributed by atoms with Crippen molar-refractivity contribution in [1.29, 1.82) is 0 Å². The van der Waals surface area contributed by atoms with Gasteiger partial charge in [0.25, 0.3) is 10.2 Å². The van der Waals surface area contributed by atoms with E-state index in [2.05, 4.69) is 11.6 Å². The molecule has 0 aromatic carbocycles. The van der Waals surface area contributed by atoms with Crippen LogP contribution in [0.3, 0.4) is 0 Å². The van der Waals surface area contributed by atoms with Gasteiger partial charge in [0.05, 0.1) is 0 Å². The molecule has 0 aromatic heterocycles. The van der Waals surface area contributed by atoms with Crippen molar-refractivity contribution in [2.75, 3.05) is 19.6 Å². The minimum absolute atomic E-state index is 0.278. The van der Waals surface area contributed by atoms with Crippen molar-refractivity contribution < 1.29 is 8.42 Å². The summed E-state index contributed by atoms with van der Waals surface area (Å²) in [5.41, 5.74) is 5.68. The lowest BCUT2D eigenvalue weighted by atomic mass is 9.81. The summed E-state index contributed by atoms with van der Waals surface area (Å²) in [6, 6.07) is 0.278. The van der Waals surface area contributed by atoms with Gasteiger partial charge in [-0.05, 0) is 37.5 Å². The van der Waals surface area contributed by atoms with Crippen molar-refractivity contribution in [2.24, 2.45) is 17.6 Å². The highest BCUT2D eigenvalue weighted by Crippen LogP contribution is 2.25. The van der Waals surface area contributed by atoms with Crippen molar-refractivity contribution in [3.63, 3.8) is 0 Å². The first-order valence-electron chi connectivity index (χ1n) is 6.47. The molecule has 1 heterocycles. The van der Waals surface area contributed by atoms with Gasteiger partial charge in [0.2, 0.25) is 0 Å². The molecule has 1 saturated carbocycles. The van der Waals surface area contributed by atoms with Crippen LogP contribution in [0.1, 0.15) is 32.6 Å². The molecule has 6 heteroatoms. The lowest BCUT2D eigenvalue weighted by molar-refractivity contribution is 0.258.